The van der Waals surface area contributed by atoms with E-state index in [0.717, 1.165) is 6.54 Å². The van der Waals surface area contributed by atoms with Crippen molar-refractivity contribution in [2.75, 3.05) is 6.54 Å². The first-order valence-electron chi connectivity index (χ1n) is 4.67. The van der Waals surface area contributed by atoms with Gasteiger partial charge in [-0.15, -0.1) is 21.8 Å². The zero-order valence-corrected chi connectivity index (χ0v) is 9.49. The molecule has 0 spiro atoms. The summed E-state index contributed by atoms with van der Waals surface area (Å²) in [5.41, 5.74) is 0. The highest BCUT2D eigenvalue weighted by atomic mass is 35.5. The van der Waals surface area contributed by atoms with Crippen LogP contribution in [0.5, 0.6) is 0 Å². The molecule has 0 bridgehead atoms. The van der Waals surface area contributed by atoms with Crippen LogP contribution in [0.4, 0.5) is 0 Å². The van der Waals surface area contributed by atoms with Gasteiger partial charge in [0, 0.05) is 11.9 Å². The predicted octanol–water partition coefficient (Wildman–Crippen LogP) is 0.563. The second-order valence-electron chi connectivity index (χ2n) is 3.59. The van der Waals surface area contributed by atoms with Crippen molar-refractivity contribution in [2.24, 2.45) is 13.0 Å². The quantitative estimate of drug-likeness (QED) is 0.733. The summed E-state index contributed by atoms with van der Waals surface area (Å²) in [5.74, 6) is 1.17. The molecule has 80 valence electrons. The van der Waals surface area contributed by atoms with Crippen molar-refractivity contribution in [1.82, 2.24) is 25.5 Å². The monoisotopic (exact) mass is 217 g/mol. The summed E-state index contributed by atoms with van der Waals surface area (Å²) in [6.45, 7) is 5.57. The molecule has 0 aliphatic rings. The Kier molecular flexibility index (Phi) is 4.28. The maximum Gasteiger partial charge on any atom is 0.188 e. The van der Waals surface area contributed by atoms with Crippen molar-refractivity contribution in [3.8, 4) is 0 Å². The average Bonchev–Trinajstić information content (AvgIpc) is 2.51. The van der Waals surface area contributed by atoms with Gasteiger partial charge < -0.3 is 5.32 Å². The van der Waals surface area contributed by atoms with Crippen LogP contribution in [0.15, 0.2) is 0 Å². The molecule has 1 unspecified atom stereocenters. The fraction of sp³-hybridized carbons (Fsp3) is 0.875. The van der Waals surface area contributed by atoms with E-state index in [1.165, 1.54) is 4.80 Å². The number of tetrazole rings is 1. The van der Waals surface area contributed by atoms with Crippen molar-refractivity contribution >= 4 is 11.6 Å². The minimum atomic E-state index is 0.145. The summed E-state index contributed by atoms with van der Waals surface area (Å²) in [6, 6.07) is 0. The molecule has 0 aliphatic carbocycles. The van der Waals surface area contributed by atoms with E-state index < -0.39 is 0 Å². The fourth-order valence-electron chi connectivity index (χ4n) is 0.952. The SMILES string of the molecule is CC(C)C(Cl)CNCc1nnn(C)n1. The topological polar surface area (TPSA) is 55.6 Å². The molecule has 5 nitrogen and oxygen atoms in total. The molecule has 1 aromatic rings. The van der Waals surface area contributed by atoms with E-state index in [2.05, 4.69) is 34.6 Å². The highest BCUT2D eigenvalue weighted by Crippen LogP contribution is 2.07. The van der Waals surface area contributed by atoms with Gasteiger partial charge in [0.25, 0.3) is 0 Å². The van der Waals surface area contributed by atoms with Gasteiger partial charge in [0.1, 0.15) is 0 Å². The van der Waals surface area contributed by atoms with Crippen molar-refractivity contribution < 1.29 is 0 Å². The first-order chi connectivity index (χ1) is 6.59. The number of rotatable bonds is 5. The van der Waals surface area contributed by atoms with Gasteiger partial charge in [-0.2, -0.15) is 4.80 Å². The Morgan fingerprint density at radius 3 is 2.71 bits per heavy atom. The minimum absolute atomic E-state index is 0.145. The number of halogens is 1. The lowest BCUT2D eigenvalue weighted by atomic mass is 10.1. The molecule has 1 aromatic heterocycles. The first-order valence-corrected chi connectivity index (χ1v) is 5.11. The Morgan fingerprint density at radius 2 is 2.21 bits per heavy atom. The molecule has 14 heavy (non-hydrogen) atoms. The van der Waals surface area contributed by atoms with Crippen LogP contribution in [-0.4, -0.2) is 32.1 Å². The highest BCUT2D eigenvalue weighted by Gasteiger charge is 2.09. The zero-order valence-electron chi connectivity index (χ0n) is 8.74. The fourth-order valence-corrected chi connectivity index (χ4v) is 1.06. The molecule has 0 saturated carbocycles. The van der Waals surface area contributed by atoms with E-state index in [1.54, 1.807) is 7.05 Å². The Balaban J connectivity index is 2.22. The number of aryl methyl sites for hydroxylation is 1. The van der Waals surface area contributed by atoms with Crippen molar-refractivity contribution in [3.05, 3.63) is 5.82 Å². The van der Waals surface area contributed by atoms with Crippen LogP contribution >= 0.6 is 11.6 Å². The van der Waals surface area contributed by atoms with Gasteiger partial charge in [0.15, 0.2) is 5.82 Å². The third-order valence-corrected chi connectivity index (χ3v) is 2.55. The van der Waals surface area contributed by atoms with Crippen molar-refractivity contribution in [2.45, 2.75) is 25.8 Å². The number of nitrogens with zero attached hydrogens (tertiary/aromatic N) is 4. The number of aromatic nitrogens is 4. The molecular weight excluding hydrogens is 202 g/mol. The van der Waals surface area contributed by atoms with Crippen molar-refractivity contribution in [1.29, 1.82) is 0 Å². The highest BCUT2D eigenvalue weighted by molar-refractivity contribution is 6.20. The third-order valence-electron chi connectivity index (χ3n) is 1.90. The molecule has 1 N–H and O–H groups in total. The number of alkyl halides is 1. The lowest BCUT2D eigenvalue weighted by molar-refractivity contribution is 0.538. The minimum Gasteiger partial charge on any atom is -0.308 e. The molecule has 0 aromatic carbocycles. The average molecular weight is 218 g/mol. The summed E-state index contributed by atoms with van der Waals surface area (Å²) < 4.78 is 0. The van der Waals surface area contributed by atoms with E-state index in [9.17, 15) is 0 Å². The second kappa shape index (κ2) is 5.26. The molecule has 0 amide bonds. The Hall–Kier alpha value is -0.680. The molecule has 6 heteroatoms. The van der Waals surface area contributed by atoms with Crippen LogP contribution in [0, 0.1) is 5.92 Å². The Morgan fingerprint density at radius 1 is 1.50 bits per heavy atom. The van der Waals surface area contributed by atoms with Crippen LogP contribution < -0.4 is 5.32 Å². The van der Waals surface area contributed by atoms with Crippen LogP contribution in [0.25, 0.3) is 0 Å². The summed E-state index contributed by atoms with van der Waals surface area (Å²) in [5, 5.41) is 15.0. The standard InChI is InChI=1S/C8H16ClN5/c1-6(2)7(9)4-10-5-8-11-13-14(3)12-8/h6-7,10H,4-5H2,1-3H3. The van der Waals surface area contributed by atoms with Gasteiger partial charge in [-0.3, -0.25) is 0 Å². The van der Waals surface area contributed by atoms with E-state index in [0.29, 0.717) is 18.3 Å². The largest absolute Gasteiger partial charge is 0.308 e. The van der Waals surface area contributed by atoms with Gasteiger partial charge in [-0.25, -0.2) is 0 Å². The molecule has 0 aliphatic heterocycles. The lowest BCUT2D eigenvalue weighted by Gasteiger charge is -2.12. The van der Waals surface area contributed by atoms with Crippen LogP contribution in [-0.2, 0) is 13.6 Å². The molecular formula is C8H16ClN5. The second-order valence-corrected chi connectivity index (χ2v) is 4.15. The number of nitrogens with one attached hydrogen (secondary N) is 1. The summed E-state index contributed by atoms with van der Waals surface area (Å²) in [7, 11) is 1.75. The molecule has 1 atom stereocenters. The Bertz CT molecular complexity index is 272. The maximum atomic E-state index is 6.06. The maximum absolute atomic E-state index is 6.06. The van der Waals surface area contributed by atoms with E-state index in [1.807, 2.05) is 0 Å². The zero-order chi connectivity index (χ0) is 10.6. The summed E-state index contributed by atoms with van der Waals surface area (Å²) in [6.07, 6.45) is 0. The number of hydrogen-bond acceptors (Lipinski definition) is 4. The first kappa shape index (κ1) is 11.4. The molecule has 1 rings (SSSR count). The summed E-state index contributed by atoms with van der Waals surface area (Å²) >= 11 is 6.06. The van der Waals surface area contributed by atoms with Gasteiger partial charge in [-0.05, 0) is 11.1 Å². The van der Waals surface area contributed by atoms with Gasteiger partial charge >= 0.3 is 0 Å². The lowest BCUT2D eigenvalue weighted by Crippen LogP contribution is -2.26. The molecule has 0 radical (unpaired) electrons. The molecule has 0 fully saturated rings. The normalized spacial score (nSPS) is 13.5. The van der Waals surface area contributed by atoms with Gasteiger partial charge in [0.05, 0.1) is 13.6 Å². The Labute approximate surface area is 88.8 Å². The van der Waals surface area contributed by atoms with E-state index in [-0.39, 0.29) is 5.38 Å². The van der Waals surface area contributed by atoms with Crippen LogP contribution in [0.3, 0.4) is 0 Å². The third kappa shape index (κ3) is 3.59. The molecule has 0 saturated heterocycles. The number of hydrogen-bond donors (Lipinski definition) is 1. The van der Waals surface area contributed by atoms with Crippen molar-refractivity contribution in [3.63, 3.8) is 0 Å². The van der Waals surface area contributed by atoms with Gasteiger partial charge in [0.2, 0.25) is 0 Å². The molecule has 1 heterocycles. The summed E-state index contributed by atoms with van der Waals surface area (Å²) in [4.78, 5) is 1.44. The van der Waals surface area contributed by atoms with Crippen LogP contribution in [0.2, 0.25) is 0 Å². The van der Waals surface area contributed by atoms with E-state index >= 15 is 0 Å². The predicted molar refractivity (Wildman–Crippen MR) is 55.0 cm³/mol. The van der Waals surface area contributed by atoms with E-state index in [4.69, 9.17) is 11.6 Å². The smallest absolute Gasteiger partial charge is 0.188 e. The van der Waals surface area contributed by atoms with Gasteiger partial charge in [-0.1, -0.05) is 13.8 Å². The van der Waals surface area contributed by atoms with Crippen LogP contribution in [0.1, 0.15) is 19.7 Å².